The summed E-state index contributed by atoms with van der Waals surface area (Å²) in [5, 5.41) is 28.5. The SMILES string of the molecule is Cc1ccn(-c2ccc(-c3nnc(OC4CC5NC(C4)C(C)C(C)C5C)s3)c(O)c2)n1. The Hall–Kier alpha value is -2.45. The number of rotatable bonds is 4. The summed E-state index contributed by atoms with van der Waals surface area (Å²) in [6.45, 7) is 9.00. The van der Waals surface area contributed by atoms with Gasteiger partial charge in [0, 0.05) is 37.2 Å². The molecule has 2 saturated heterocycles. The number of ether oxygens (including phenoxy) is 1. The van der Waals surface area contributed by atoms with Crippen molar-refractivity contribution in [1.29, 1.82) is 0 Å². The Morgan fingerprint density at radius 3 is 2.45 bits per heavy atom. The molecule has 5 rings (SSSR count). The van der Waals surface area contributed by atoms with Gasteiger partial charge in [-0.3, -0.25) is 0 Å². The van der Waals surface area contributed by atoms with Gasteiger partial charge in [0.1, 0.15) is 11.9 Å². The predicted octanol–water partition coefficient (Wildman–Crippen LogP) is 4.19. The normalized spacial score (nSPS) is 30.3. The van der Waals surface area contributed by atoms with Gasteiger partial charge >= 0.3 is 0 Å². The van der Waals surface area contributed by atoms with E-state index in [-0.39, 0.29) is 11.9 Å². The van der Waals surface area contributed by atoms with Gasteiger partial charge in [0.05, 0.1) is 16.9 Å². The Morgan fingerprint density at radius 2 is 1.81 bits per heavy atom. The van der Waals surface area contributed by atoms with Crippen LogP contribution >= 0.6 is 11.3 Å². The number of hydrogen-bond donors (Lipinski definition) is 2. The number of phenolic OH excluding ortho intramolecular Hbond substituents is 1. The van der Waals surface area contributed by atoms with Crippen molar-refractivity contribution in [2.24, 2.45) is 17.8 Å². The average molecular weight is 440 g/mol. The monoisotopic (exact) mass is 439 g/mol. The molecule has 2 N–H and O–H groups in total. The third-order valence-electron chi connectivity index (χ3n) is 7.26. The molecule has 0 radical (unpaired) electrons. The van der Waals surface area contributed by atoms with Gasteiger partial charge in [0.15, 0.2) is 5.01 Å². The molecule has 2 aliphatic rings. The molecule has 0 spiro atoms. The molecule has 2 fully saturated rings. The minimum absolute atomic E-state index is 0.147. The van der Waals surface area contributed by atoms with Crippen LogP contribution in [0.4, 0.5) is 0 Å². The van der Waals surface area contributed by atoms with Crippen molar-refractivity contribution < 1.29 is 9.84 Å². The zero-order valence-electron chi connectivity index (χ0n) is 18.3. The highest BCUT2D eigenvalue weighted by molar-refractivity contribution is 7.16. The quantitative estimate of drug-likeness (QED) is 0.634. The number of piperidine rings is 2. The van der Waals surface area contributed by atoms with Gasteiger partial charge in [-0.25, -0.2) is 4.68 Å². The van der Waals surface area contributed by atoms with E-state index >= 15 is 0 Å². The van der Waals surface area contributed by atoms with Crippen molar-refractivity contribution in [2.75, 3.05) is 0 Å². The van der Waals surface area contributed by atoms with Gasteiger partial charge < -0.3 is 15.2 Å². The highest BCUT2D eigenvalue weighted by Crippen LogP contribution is 2.40. The molecule has 7 nitrogen and oxygen atoms in total. The second-order valence-corrected chi connectivity index (χ2v) is 10.1. The van der Waals surface area contributed by atoms with E-state index in [2.05, 4.69) is 41.4 Å². The zero-order valence-corrected chi connectivity index (χ0v) is 19.1. The van der Waals surface area contributed by atoms with Crippen LogP contribution in [0, 0.1) is 24.7 Å². The van der Waals surface area contributed by atoms with Crippen molar-refractivity contribution in [2.45, 2.75) is 58.7 Å². The summed E-state index contributed by atoms with van der Waals surface area (Å²) < 4.78 is 8.01. The molecule has 1 aromatic carbocycles. The topological polar surface area (TPSA) is 85.1 Å². The number of nitrogens with zero attached hydrogens (tertiary/aromatic N) is 4. The van der Waals surface area contributed by atoms with Crippen LogP contribution in [0.5, 0.6) is 10.9 Å². The Kier molecular flexibility index (Phi) is 5.22. The van der Waals surface area contributed by atoms with Crippen molar-refractivity contribution in [3.63, 3.8) is 0 Å². The van der Waals surface area contributed by atoms with Crippen LogP contribution in [-0.2, 0) is 0 Å². The summed E-state index contributed by atoms with van der Waals surface area (Å²) in [7, 11) is 0. The first-order valence-electron chi connectivity index (χ1n) is 11.0. The Morgan fingerprint density at radius 1 is 1.06 bits per heavy atom. The van der Waals surface area contributed by atoms with Gasteiger partial charge in [-0.15, -0.1) is 5.10 Å². The standard InChI is InChI=1S/C23H29N5O2S/c1-12-7-8-28(27-12)16-5-6-18(21(29)9-16)22-25-26-23(31-22)30-17-10-19-14(3)13(2)15(4)20(11-17)24-19/h5-9,13-15,17,19-20,24,29H,10-11H2,1-4H3. The third kappa shape index (κ3) is 3.83. The zero-order chi connectivity index (χ0) is 21.7. The number of benzene rings is 1. The predicted molar refractivity (Wildman–Crippen MR) is 121 cm³/mol. The number of phenols is 1. The summed E-state index contributed by atoms with van der Waals surface area (Å²) in [5.74, 6) is 2.15. The fraction of sp³-hybridized carbons (Fsp3) is 0.522. The van der Waals surface area contributed by atoms with Gasteiger partial charge in [-0.2, -0.15) is 5.10 Å². The highest BCUT2D eigenvalue weighted by Gasteiger charge is 2.43. The van der Waals surface area contributed by atoms with Gasteiger partial charge in [-0.1, -0.05) is 37.2 Å². The lowest BCUT2D eigenvalue weighted by Gasteiger charge is -2.50. The molecule has 164 valence electrons. The second kappa shape index (κ2) is 7.91. The molecular formula is C23H29N5O2S. The summed E-state index contributed by atoms with van der Waals surface area (Å²) in [4.78, 5) is 0. The molecule has 0 saturated carbocycles. The molecule has 2 bridgehead atoms. The van der Waals surface area contributed by atoms with Crippen LogP contribution in [0.15, 0.2) is 30.5 Å². The molecule has 4 atom stereocenters. The number of aromatic nitrogens is 4. The Labute approximate surface area is 186 Å². The van der Waals surface area contributed by atoms with E-state index in [0.29, 0.717) is 39.7 Å². The Balaban J connectivity index is 1.31. The molecule has 4 unspecified atom stereocenters. The molecule has 8 heteroatoms. The lowest BCUT2D eigenvalue weighted by molar-refractivity contribution is 0.0142. The number of aromatic hydroxyl groups is 1. The van der Waals surface area contributed by atoms with E-state index in [9.17, 15) is 5.11 Å². The van der Waals surface area contributed by atoms with Crippen molar-refractivity contribution in [3.8, 4) is 27.2 Å². The Bertz CT molecular complexity index is 1060. The first kappa shape index (κ1) is 20.5. The van der Waals surface area contributed by atoms with E-state index in [4.69, 9.17) is 4.74 Å². The number of fused-ring (bicyclic) bond motifs is 2. The molecular weight excluding hydrogens is 410 g/mol. The van der Waals surface area contributed by atoms with E-state index in [1.165, 1.54) is 11.3 Å². The third-order valence-corrected chi connectivity index (χ3v) is 8.11. The van der Waals surface area contributed by atoms with Crippen LogP contribution < -0.4 is 10.1 Å². The molecule has 3 aromatic rings. The maximum absolute atomic E-state index is 10.6. The van der Waals surface area contributed by atoms with Crippen molar-refractivity contribution in [1.82, 2.24) is 25.3 Å². The fourth-order valence-electron chi connectivity index (χ4n) is 5.03. The van der Waals surface area contributed by atoms with E-state index in [0.717, 1.165) is 30.1 Å². The summed E-state index contributed by atoms with van der Waals surface area (Å²) in [6, 6.07) is 8.38. The number of nitrogens with one attached hydrogen (secondary N) is 1. The van der Waals surface area contributed by atoms with E-state index in [1.54, 1.807) is 10.7 Å². The lowest BCUT2D eigenvalue weighted by Crippen LogP contribution is -2.60. The summed E-state index contributed by atoms with van der Waals surface area (Å²) >= 11 is 1.38. The fourth-order valence-corrected chi connectivity index (χ4v) is 5.82. The first-order chi connectivity index (χ1) is 14.9. The van der Waals surface area contributed by atoms with E-state index in [1.807, 2.05) is 31.3 Å². The van der Waals surface area contributed by atoms with Crippen LogP contribution in [-0.4, -0.2) is 43.3 Å². The minimum Gasteiger partial charge on any atom is -0.507 e. The van der Waals surface area contributed by atoms with Gasteiger partial charge in [0.2, 0.25) is 0 Å². The summed E-state index contributed by atoms with van der Waals surface area (Å²) in [5.41, 5.74) is 2.38. The van der Waals surface area contributed by atoms with E-state index < -0.39 is 0 Å². The summed E-state index contributed by atoms with van der Waals surface area (Å²) in [6.07, 6.45) is 4.01. The molecule has 2 aliphatic heterocycles. The van der Waals surface area contributed by atoms with Crippen LogP contribution in [0.2, 0.25) is 0 Å². The van der Waals surface area contributed by atoms with Gasteiger partial charge in [0.25, 0.3) is 5.19 Å². The van der Waals surface area contributed by atoms with Gasteiger partial charge in [-0.05, 0) is 42.9 Å². The average Bonchev–Trinajstić information content (AvgIpc) is 3.40. The van der Waals surface area contributed by atoms with Crippen molar-refractivity contribution >= 4 is 11.3 Å². The smallest absolute Gasteiger partial charge is 0.294 e. The number of hydrogen-bond acceptors (Lipinski definition) is 7. The first-order valence-corrected chi connectivity index (χ1v) is 11.8. The van der Waals surface area contributed by atoms with Crippen LogP contribution in [0.3, 0.4) is 0 Å². The second-order valence-electron chi connectivity index (χ2n) is 9.14. The maximum Gasteiger partial charge on any atom is 0.294 e. The number of aryl methyl sites for hydroxylation is 1. The van der Waals surface area contributed by atoms with Crippen molar-refractivity contribution in [3.05, 3.63) is 36.2 Å². The maximum atomic E-state index is 10.6. The lowest BCUT2D eigenvalue weighted by atomic mass is 9.68. The van der Waals surface area contributed by atoms with Crippen LogP contribution in [0.25, 0.3) is 16.3 Å². The largest absolute Gasteiger partial charge is 0.507 e. The molecule has 0 amide bonds. The highest BCUT2D eigenvalue weighted by atomic mass is 32.1. The molecule has 4 heterocycles. The van der Waals surface area contributed by atoms with Crippen LogP contribution in [0.1, 0.15) is 39.3 Å². The molecule has 31 heavy (non-hydrogen) atoms. The minimum atomic E-state index is 0.147. The molecule has 0 aliphatic carbocycles. The molecule has 2 aromatic heterocycles.